The van der Waals surface area contributed by atoms with Crippen LogP contribution in [-0.2, 0) is 9.53 Å². The first-order valence-corrected chi connectivity index (χ1v) is 7.21. The molecule has 4 heteroatoms. The molecule has 1 aliphatic heterocycles. The van der Waals surface area contributed by atoms with Crippen molar-refractivity contribution in [2.45, 2.75) is 65.1 Å². The molecule has 0 bridgehead atoms. The average molecular weight is 256 g/mol. The summed E-state index contributed by atoms with van der Waals surface area (Å²) >= 11 is 0. The van der Waals surface area contributed by atoms with Gasteiger partial charge in [-0.3, -0.25) is 4.79 Å². The molecule has 0 aromatic heterocycles. The van der Waals surface area contributed by atoms with Gasteiger partial charge in [-0.2, -0.15) is 0 Å². The van der Waals surface area contributed by atoms with Gasteiger partial charge in [-0.15, -0.1) is 0 Å². The minimum Gasteiger partial charge on any atom is -0.465 e. The number of hydrogen-bond donors (Lipinski definition) is 1. The fraction of sp³-hybridized carbons (Fsp3) is 0.929. The standard InChI is InChI=1S/C14H28N2O2/c1-5-18-14(17)13(15-11(2)3)8-10-16-9-6-7-12(16)4/h11-13,15H,5-10H2,1-4H3. The summed E-state index contributed by atoms with van der Waals surface area (Å²) in [6.45, 7) is 10.8. The summed E-state index contributed by atoms with van der Waals surface area (Å²) in [5.74, 6) is -0.113. The van der Waals surface area contributed by atoms with Gasteiger partial charge in [0, 0.05) is 18.6 Å². The Morgan fingerprint density at radius 1 is 1.50 bits per heavy atom. The zero-order chi connectivity index (χ0) is 13.5. The molecule has 18 heavy (non-hydrogen) atoms. The highest BCUT2D eigenvalue weighted by Crippen LogP contribution is 2.17. The fourth-order valence-electron chi connectivity index (χ4n) is 2.53. The molecule has 0 spiro atoms. The molecule has 2 atom stereocenters. The summed E-state index contributed by atoms with van der Waals surface area (Å²) in [7, 11) is 0. The van der Waals surface area contributed by atoms with Crippen LogP contribution < -0.4 is 5.32 Å². The predicted molar refractivity (Wildman–Crippen MR) is 73.6 cm³/mol. The lowest BCUT2D eigenvalue weighted by Crippen LogP contribution is -2.44. The molecule has 1 saturated heterocycles. The first-order chi connectivity index (χ1) is 8.54. The van der Waals surface area contributed by atoms with Gasteiger partial charge in [0.25, 0.3) is 0 Å². The Kier molecular flexibility index (Phi) is 6.65. The van der Waals surface area contributed by atoms with Crippen molar-refractivity contribution in [3.05, 3.63) is 0 Å². The van der Waals surface area contributed by atoms with Crippen molar-refractivity contribution in [1.29, 1.82) is 0 Å². The summed E-state index contributed by atoms with van der Waals surface area (Å²) in [5.41, 5.74) is 0. The van der Waals surface area contributed by atoms with Crippen LogP contribution in [0, 0.1) is 0 Å². The van der Waals surface area contributed by atoms with Crippen molar-refractivity contribution in [3.63, 3.8) is 0 Å². The molecule has 1 aliphatic rings. The minimum absolute atomic E-state index is 0.113. The Labute approximate surface area is 111 Å². The van der Waals surface area contributed by atoms with Crippen LogP contribution in [0.15, 0.2) is 0 Å². The summed E-state index contributed by atoms with van der Waals surface area (Å²) in [5, 5.41) is 3.30. The second kappa shape index (κ2) is 7.74. The number of rotatable bonds is 7. The molecule has 0 amide bonds. The SMILES string of the molecule is CCOC(=O)C(CCN1CCCC1C)NC(C)C. The van der Waals surface area contributed by atoms with E-state index in [9.17, 15) is 4.79 Å². The van der Waals surface area contributed by atoms with Crippen LogP contribution in [-0.4, -0.2) is 48.7 Å². The number of esters is 1. The van der Waals surface area contributed by atoms with Gasteiger partial charge in [-0.25, -0.2) is 0 Å². The van der Waals surface area contributed by atoms with Crippen LogP contribution in [0.2, 0.25) is 0 Å². The van der Waals surface area contributed by atoms with E-state index in [1.807, 2.05) is 6.92 Å². The highest BCUT2D eigenvalue weighted by molar-refractivity contribution is 5.75. The first kappa shape index (κ1) is 15.4. The molecule has 0 radical (unpaired) electrons. The molecule has 2 unspecified atom stereocenters. The van der Waals surface area contributed by atoms with Crippen molar-refractivity contribution >= 4 is 5.97 Å². The predicted octanol–water partition coefficient (Wildman–Crippen LogP) is 1.79. The Morgan fingerprint density at radius 3 is 2.72 bits per heavy atom. The van der Waals surface area contributed by atoms with Gasteiger partial charge in [0.2, 0.25) is 0 Å². The lowest BCUT2D eigenvalue weighted by Gasteiger charge is -2.25. The molecule has 0 aliphatic carbocycles. The molecule has 1 heterocycles. The van der Waals surface area contributed by atoms with E-state index in [0.29, 0.717) is 18.7 Å². The third kappa shape index (κ3) is 4.94. The highest BCUT2D eigenvalue weighted by Gasteiger charge is 2.24. The Morgan fingerprint density at radius 2 is 2.22 bits per heavy atom. The lowest BCUT2D eigenvalue weighted by atomic mass is 10.1. The van der Waals surface area contributed by atoms with E-state index in [4.69, 9.17) is 4.74 Å². The van der Waals surface area contributed by atoms with E-state index >= 15 is 0 Å². The molecule has 0 aromatic carbocycles. The van der Waals surface area contributed by atoms with Crippen LogP contribution in [0.4, 0.5) is 0 Å². The largest absolute Gasteiger partial charge is 0.465 e. The third-order valence-electron chi connectivity index (χ3n) is 3.50. The van der Waals surface area contributed by atoms with Crippen molar-refractivity contribution in [2.75, 3.05) is 19.7 Å². The fourth-order valence-corrected chi connectivity index (χ4v) is 2.53. The second-order valence-electron chi connectivity index (χ2n) is 5.44. The van der Waals surface area contributed by atoms with Crippen LogP contribution >= 0.6 is 0 Å². The summed E-state index contributed by atoms with van der Waals surface area (Å²) < 4.78 is 5.13. The average Bonchev–Trinajstić information content (AvgIpc) is 2.70. The minimum atomic E-state index is -0.169. The second-order valence-corrected chi connectivity index (χ2v) is 5.44. The van der Waals surface area contributed by atoms with E-state index in [-0.39, 0.29) is 12.0 Å². The molecular weight excluding hydrogens is 228 g/mol. The van der Waals surface area contributed by atoms with Gasteiger partial charge in [0.1, 0.15) is 6.04 Å². The van der Waals surface area contributed by atoms with Crippen LogP contribution in [0.3, 0.4) is 0 Å². The number of carbonyl (C=O) groups is 1. The summed E-state index contributed by atoms with van der Waals surface area (Å²) in [6.07, 6.45) is 3.39. The molecule has 1 rings (SSSR count). The molecule has 0 aromatic rings. The molecule has 1 N–H and O–H groups in total. The Balaban J connectivity index is 2.42. The third-order valence-corrected chi connectivity index (χ3v) is 3.50. The maximum atomic E-state index is 11.9. The summed E-state index contributed by atoms with van der Waals surface area (Å²) in [4.78, 5) is 14.3. The van der Waals surface area contributed by atoms with Crippen LogP contribution in [0.25, 0.3) is 0 Å². The van der Waals surface area contributed by atoms with Gasteiger partial charge < -0.3 is 15.0 Å². The van der Waals surface area contributed by atoms with Gasteiger partial charge in [0.15, 0.2) is 0 Å². The molecular formula is C14H28N2O2. The highest BCUT2D eigenvalue weighted by atomic mass is 16.5. The van der Waals surface area contributed by atoms with Gasteiger partial charge in [-0.1, -0.05) is 13.8 Å². The van der Waals surface area contributed by atoms with Crippen molar-refractivity contribution in [1.82, 2.24) is 10.2 Å². The Hall–Kier alpha value is -0.610. The van der Waals surface area contributed by atoms with E-state index < -0.39 is 0 Å². The van der Waals surface area contributed by atoms with E-state index in [1.165, 1.54) is 19.4 Å². The quantitative estimate of drug-likeness (QED) is 0.705. The topological polar surface area (TPSA) is 41.6 Å². The van der Waals surface area contributed by atoms with Crippen LogP contribution in [0.1, 0.15) is 47.0 Å². The first-order valence-electron chi connectivity index (χ1n) is 7.21. The smallest absolute Gasteiger partial charge is 0.323 e. The summed E-state index contributed by atoms with van der Waals surface area (Å²) in [6, 6.07) is 0.792. The van der Waals surface area contributed by atoms with E-state index in [2.05, 4.69) is 31.0 Å². The number of ether oxygens (including phenoxy) is 1. The lowest BCUT2D eigenvalue weighted by molar-refractivity contribution is -0.146. The number of likely N-dealkylation sites (tertiary alicyclic amines) is 1. The van der Waals surface area contributed by atoms with Gasteiger partial charge >= 0.3 is 5.97 Å². The van der Waals surface area contributed by atoms with Crippen molar-refractivity contribution < 1.29 is 9.53 Å². The van der Waals surface area contributed by atoms with Crippen molar-refractivity contribution in [3.8, 4) is 0 Å². The number of carbonyl (C=O) groups excluding carboxylic acids is 1. The maximum absolute atomic E-state index is 11.9. The zero-order valence-corrected chi connectivity index (χ0v) is 12.2. The van der Waals surface area contributed by atoms with Gasteiger partial charge in [-0.05, 0) is 39.7 Å². The molecule has 4 nitrogen and oxygen atoms in total. The van der Waals surface area contributed by atoms with Crippen LogP contribution in [0.5, 0.6) is 0 Å². The molecule has 106 valence electrons. The van der Waals surface area contributed by atoms with Crippen molar-refractivity contribution in [2.24, 2.45) is 0 Å². The maximum Gasteiger partial charge on any atom is 0.323 e. The molecule has 1 fully saturated rings. The number of nitrogens with zero attached hydrogens (tertiary/aromatic N) is 1. The van der Waals surface area contributed by atoms with Gasteiger partial charge in [0.05, 0.1) is 6.61 Å². The van der Waals surface area contributed by atoms with E-state index in [1.54, 1.807) is 0 Å². The number of nitrogens with one attached hydrogen (secondary N) is 1. The number of hydrogen-bond acceptors (Lipinski definition) is 4. The monoisotopic (exact) mass is 256 g/mol. The normalized spacial score (nSPS) is 22.4. The van der Waals surface area contributed by atoms with E-state index in [0.717, 1.165) is 13.0 Å². The zero-order valence-electron chi connectivity index (χ0n) is 12.2. The molecule has 0 saturated carbocycles. The Bertz CT molecular complexity index is 256.